The summed E-state index contributed by atoms with van der Waals surface area (Å²) in [5.74, 6) is 0. The topological polar surface area (TPSA) is 40.1 Å². The molecule has 2 atom stereocenters. The van der Waals surface area contributed by atoms with Gasteiger partial charge in [0.15, 0.2) is 0 Å². The molecule has 0 aromatic carbocycles. The summed E-state index contributed by atoms with van der Waals surface area (Å²) in [5, 5.41) is -0.302. The molecule has 0 amide bonds. The Kier molecular flexibility index (Phi) is 2.40. The van der Waals surface area contributed by atoms with Gasteiger partial charge in [-0.1, -0.05) is 23.8 Å². The minimum absolute atomic E-state index is 0.302. The lowest BCUT2D eigenvalue weighted by molar-refractivity contribution is 0.529. The maximum Gasteiger partial charge on any atom is 0.0433 e. The highest BCUT2D eigenvalue weighted by Crippen LogP contribution is 2.12. The van der Waals surface area contributed by atoms with Gasteiger partial charge in [-0.15, -0.1) is 0 Å². The van der Waals surface area contributed by atoms with Gasteiger partial charge >= 0.3 is 0 Å². The van der Waals surface area contributed by atoms with Gasteiger partial charge in [0, 0.05) is 5.25 Å². The normalized spacial score (nSPS) is 27.8. The zero-order chi connectivity index (χ0) is 7.56. The SMILES string of the molecule is CC1=CC[C@H](S(=O)[O-])C=C1. The first kappa shape index (κ1) is 7.69. The van der Waals surface area contributed by atoms with Gasteiger partial charge in [0.2, 0.25) is 0 Å². The third-order valence-electron chi connectivity index (χ3n) is 1.49. The zero-order valence-electron chi connectivity index (χ0n) is 5.74. The van der Waals surface area contributed by atoms with E-state index in [1.807, 2.05) is 19.1 Å². The van der Waals surface area contributed by atoms with Crippen LogP contribution in [0.15, 0.2) is 23.8 Å². The van der Waals surface area contributed by atoms with Gasteiger partial charge in [0.1, 0.15) is 0 Å². The van der Waals surface area contributed by atoms with Crippen LogP contribution in [0, 0.1) is 0 Å². The Balaban J connectivity index is 2.60. The summed E-state index contributed by atoms with van der Waals surface area (Å²) in [6.45, 7) is 1.96. The molecule has 56 valence electrons. The largest absolute Gasteiger partial charge is 0.772 e. The predicted molar refractivity (Wildman–Crippen MR) is 40.2 cm³/mol. The molecule has 0 saturated carbocycles. The highest BCUT2D eigenvalue weighted by atomic mass is 32.2. The Hall–Kier alpha value is -0.410. The lowest BCUT2D eigenvalue weighted by Gasteiger charge is -2.16. The van der Waals surface area contributed by atoms with Gasteiger partial charge in [0.25, 0.3) is 0 Å². The second kappa shape index (κ2) is 3.12. The maximum absolute atomic E-state index is 10.4. The molecule has 0 heterocycles. The van der Waals surface area contributed by atoms with Gasteiger partial charge in [-0.05, 0) is 24.4 Å². The van der Waals surface area contributed by atoms with Crippen LogP contribution in [-0.4, -0.2) is 14.0 Å². The monoisotopic (exact) mass is 157 g/mol. The minimum Gasteiger partial charge on any atom is -0.772 e. The molecule has 0 fully saturated rings. The van der Waals surface area contributed by atoms with Crippen molar-refractivity contribution in [2.75, 3.05) is 0 Å². The van der Waals surface area contributed by atoms with E-state index in [9.17, 15) is 8.76 Å². The first-order chi connectivity index (χ1) is 4.70. The van der Waals surface area contributed by atoms with Crippen molar-refractivity contribution in [1.29, 1.82) is 0 Å². The number of rotatable bonds is 1. The quantitative estimate of drug-likeness (QED) is 0.535. The Labute approximate surface area is 62.9 Å². The summed E-state index contributed by atoms with van der Waals surface area (Å²) in [7, 11) is 0. The fourth-order valence-corrected chi connectivity index (χ4v) is 1.31. The highest BCUT2D eigenvalue weighted by molar-refractivity contribution is 7.80. The fourth-order valence-electron chi connectivity index (χ4n) is 0.850. The van der Waals surface area contributed by atoms with Gasteiger partial charge in [-0.25, -0.2) is 0 Å². The lowest BCUT2D eigenvalue weighted by atomic mass is 10.1. The minimum atomic E-state index is -1.95. The van der Waals surface area contributed by atoms with Crippen LogP contribution in [0.1, 0.15) is 13.3 Å². The molecule has 0 aromatic heterocycles. The summed E-state index contributed by atoms with van der Waals surface area (Å²) in [4.78, 5) is 0. The molecule has 3 heteroatoms. The van der Waals surface area contributed by atoms with Crippen LogP contribution < -0.4 is 0 Å². The third-order valence-corrected chi connectivity index (χ3v) is 2.34. The summed E-state index contributed by atoms with van der Waals surface area (Å²) in [6.07, 6.45) is 6.11. The Morgan fingerprint density at radius 2 is 2.50 bits per heavy atom. The van der Waals surface area contributed by atoms with Crippen LogP contribution in [0.25, 0.3) is 0 Å². The van der Waals surface area contributed by atoms with Crippen molar-refractivity contribution in [3.05, 3.63) is 23.8 Å². The van der Waals surface area contributed by atoms with Crippen LogP contribution >= 0.6 is 0 Å². The summed E-state index contributed by atoms with van der Waals surface area (Å²) < 4.78 is 20.8. The molecule has 2 nitrogen and oxygen atoms in total. The average Bonchev–Trinajstić information content (AvgIpc) is 1.88. The maximum atomic E-state index is 10.4. The predicted octanol–water partition coefficient (Wildman–Crippen LogP) is 1.14. The molecule has 1 aliphatic rings. The molecule has 10 heavy (non-hydrogen) atoms. The van der Waals surface area contributed by atoms with Gasteiger partial charge in [-0.2, -0.15) is 0 Å². The Bertz CT molecular complexity index is 206. The smallest absolute Gasteiger partial charge is 0.0433 e. The second-order valence-corrected chi connectivity index (χ2v) is 3.47. The van der Waals surface area contributed by atoms with E-state index < -0.39 is 11.1 Å². The molecule has 0 radical (unpaired) electrons. The van der Waals surface area contributed by atoms with Crippen molar-refractivity contribution in [2.24, 2.45) is 0 Å². The van der Waals surface area contributed by atoms with Crippen molar-refractivity contribution in [3.8, 4) is 0 Å². The first-order valence-corrected chi connectivity index (χ1v) is 4.27. The molecule has 1 aliphatic carbocycles. The van der Waals surface area contributed by atoms with E-state index in [1.54, 1.807) is 6.08 Å². The van der Waals surface area contributed by atoms with E-state index in [0.29, 0.717) is 6.42 Å². The standard InChI is InChI=1S/C7H10O2S/c1-6-2-4-7(5-3-6)10(8)9/h2-4,7H,5H2,1H3,(H,8,9)/p-1/t7-/m1/s1. The Morgan fingerprint density at radius 1 is 1.80 bits per heavy atom. The van der Waals surface area contributed by atoms with Crippen molar-refractivity contribution in [1.82, 2.24) is 0 Å². The van der Waals surface area contributed by atoms with Gasteiger partial charge < -0.3 is 4.55 Å². The van der Waals surface area contributed by atoms with Crippen LogP contribution in [0.4, 0.5) is 0 Å². The molecule has 0 saturated heterocycles. The summed E-state index contributed by atoms with van der Waals surface area (Å²) in [6, 6.07) is 0. The van der Waals surface area contributed by atoms with E-state index in [2.05, 4.69) is 0 Å². The first-order valence-electron chi connectivity index (χ1n) is 3.13. The van der Waals surface area contributed by atoms with E-state index in [1.165, 1.54) is 0 Å². The number of allylic oxidation sites excluding steroid dienone is 3. The zero-order valence-corrected chi connectivity index (χ0v) is 6.56. The second-order valence-electron chi connectivity index (χ2n) is 2.34. The van der Waals surface area contributed by atoms with Crippen molar-refractivity contribution in [3.63, 3.8) is 0 Å². The van der Waals surface area contributed by atoms with Gasteiger partial charge in [-0.3, -0.25) is 4.21 Å². The molecule has 1 unspecified atom stereocenters. The molecular formula is C7H9O2S-. The van der Waals surface area contributed by atoms with Crippen molar-refractivity contribution < 1.29 is 8.76 Å². The van der Waals surface area contributed by atoms with Crippen LogP contribution in [0.3, 0.4) is 0 Å². The Morgan fingerprint density at radius 3 is 2.90 bits per heavy atom. The molecule has 0 bridgehead atoms. The molecule has 0 spiro atoms. The van der Waals surface area contributed by atoms with E-state index in [-0.39, 0.29) is 5.25 Å². The summed E-state index contributed by atoms with van der Waals surface area (Å²) in [5.41, 5.74) is 1.14. The van der Waals surface area contributed by atoms with Crippen LogP contribution in [-0.2, 0) is 11.1 Å². The van der Waals surface area contributed by atoms with Crippen molar-refractivity contribution in [2.45, 2.75) is 18.6 Å². The molecule has 0 aromatic rings. The molecule has 1 rings (SSSR count). The van der Waals surface area contributed by atoms with Gasteiger partial charge in [0.05, 0.1) is 0 Å². The van der Waals surface area contributed by atoms with Crippen LogP contribution in [0.5, 0.6) is 0 Å². The van der Waals surface area contributed by atoms with E-state index >= 15 is 0 Å². The summed E-state index contributed by atoms with van der Waals surface area (Å²) >= 11 is -1.95. The lowest BCUT2D eigenvalue weighted by Crippen LogP contribution is -2.12. The fraction of sp³-hybridized carbons (Fsp3) is 0.429. The molecular weight excluding hydrogens is 148 g/mol. The van der Waals surface area contributed by atoms with E-state index in [4.69, 9.17) is 0 Å². The van der Waals surface area contributed by atoms with Crippen molar-refractivity contribution >= 4 is 11.1 Å². The third kappa shape index (κ3) is 1.78. The highest BCUT2D eigenvalue weighted by Gasteiger charge is 2.05. The number of hydrogen-bond acceptors (Lipinski definition) is 2. The van der Waals surface area contributed by atoms with E-state index in [0.717, 1.165) is 5.57 Å². The van der Waals surface area contributed by atoms with Crippen LogP contribution in [0.2, 0.25) is 0 Å². The molecule has 0 aliphatic heterocycles. The number of hydrogen-bond donors (Lipinski definition) is 0. The average molecular weight is 157 g/mol. The molecule has 0 N–H and O–H groups in total.